The summed E-state index contributed by atoms with van der Waals surface area (Å²) >= 11 is 0. The molecule has 0 aliphatic carbocycles. The maximum absolute atomic E-state index is 11.1. The lowest BCUT2D eigenvalue weighted by Gasteiger charge is -2.35. The van der Waals surface area contributed by atoms with Crippen LogP contribution in [0, 0.1) is 0 Å². The Morgan fingerprint density at radius 1 is 1.30 bits per heavy atom. The highest BCUT2D eigenvalue weighted by Gasteiger charge is 2.26. The molecular weight excluding hydrogens is 256 g/mol. The Balaban J connectivity index is 1.90. The van der Waals surface area contributed by atoms with Crippen molar-refractivity contribution in [2.24, 2.45) is 0 Å². The Kier molecular flexibility index (Phi) is 3.36. The second-order valence-electron chi connectivity index (χ2n) is 5.22. The van der Waals surface area contributed by atoms with Gasteiger partial charge in [0, 0.05) is 31.7 Å². The maximum atomic E-state index is 11.1. The number of piperazine rings is 1. The van der Waals surface area contributed by atoms with Crippen LogP contribution in [-0.4, -0.2) is 55.3 Å². The molecule has 1 N–H and O–H groups in total. The minimum absolute atomic E-state index is 0.687. The van der Waals surface area contributed by atoms with Gasteiger partial charge >= 0.3 is 5.97 Å². The van der Waals surface area contributed by atoms with E-state index in [1.165, 1.54) is 0 Å². The summed E-state index contributed by atoms with van der Waals surface area (Å²) in [4.78, 5) is 15.6. The number of aliphatic carboxylic acids is 1. The van der Waals surface area contributed by atoms with E-state index in [1.54, 1.807) is 6.08 Å². The van der Waals surface area contributed by atoms with Crippen LogP contribution in [0.5, 0.6) is 5.75 Å². The Labute approximate surface area is 118 Å². The number of carboxylic acid groups (broad SMARTS) is 1. The zero-order chi connectivity index (χ0) is 14.1. The first kappa shape index (κ1) is 13.0. The molecule has 3 rings (SSSR count). The smallest absolute Gasteiger partial charge is 0.349 e. The third-order valence-corrected chi connectivity index (χ3v) is 3.81. The van der Waals surface area contributed by atoms with Crippen molar-refractivity contribution < 1.29 is 14.6 Å². The largest absolute Gasteiger partial charge is 0.478 e. The van der Waals surface area contributed by atoms with Gasteiger partial charge in [0.2, 0.25) is 6.10 Å². The molecule has 1 aromatic carbocycles. The molecule has 0 bridgehead atoms. The molecule has 106 valence electrons. The monoisotopic (exact) mass is 274 g/mol. The number of fused-ring (bicyclic) bond motifs is 1. The van der Waals surface area contributed by atoms with Crippen LogP contribution in [0.4, 0.5) is 5.69 Å². The number of carbonyl (C=O) groups is 1. The Morgan fingerprint density at radius 3 is 2.75 bits per heavy atom. The van der Waals surface area contributed by atoms with E-state index < -0.39 is 12.1 Å². The topological polar surface area (TPSA) is 53.0 Å². The Bertz CT molecular complexity index is 548. The van der Waals surface area contributed by atoms with Crippen molar-refractivity contribution in [3.05, 3.63) is 29.8 Å². The van der Waals surface area contributed by atoms with Gasteiger partial charge in [0.15, 0.2) is 5.75 Å². The van der Waals surface area contributed by atoms with Gasteiger partial charge in [0.25, 0.3) is 0 Å². The molecule has 2 aliphatic heterocycles. The van der Waals surface area contributed by atoms with Crippen LogP contribution in [0.1, 0.15) is 5.56 Å². The zero-order valence-electron chi connectivity index (χ0n) is 11.5. The van der Waals surface area contributed by atoms with E-state index in [2.05, 4.69) is 16.8 Å². The number of nitrogens with zero attached hydrogens (tertiary/aromatic N) is 2. The normalized spacial score (nSPS) is 22.2. The van der Waals surface area contributed by atoms with Gasteiger partial charge in [0.1, 0.15) is 0 Å². The predicted molar refractivity (Wildman–Crippen MR) is 77.2 cm³/mol. The van der Waals surface area contributed by atoms with Gasteiger partial charge in [-0.1, -0.05) is 18.2 Å². The number of rotatable bonds is 2. The molecule has 0 radical (unpaired) electrons. The standard InChI is InChI=1S/C15H18N2O3/c1-16-7-9-17(10-8-16)12-4-2-3-11-5-6-13(15(18)19)20-14(11)12/h2-6,13H,7-10H2,1H3,(H,18,19). The predicted octanol–water partition coefficient (Wildman–Crippen LogP) is 1.30. The second-order valence-corrected chi connectivity index (χ2v) is 5.22. The third kappa shape index (κ3) is 2.36. The second kappa shape index (κ2) is 5.17. The van der Waals surface area contributed by atoms with Crippen molar-refractivity contribution in [2.75, 3.05) is 38.1 Å². The maximum Gasteiger partial charge on any atom is 0.349 e. The molecule has 0 saturated carbocycles. The highest BCUT2D eigenvalue weighted by Crippen LogP contribution is 2.36. The summed E-state index contributed by atoms with van der Waals surface area (Å²) in [6, 6.07) is 5.94. The lowest BCUT2D eigenvalue weighted by molar-refractivity contribution is -0.142. The first-order valence-corrected chi connectivity index (χ1v) is 6.79. The van der Waals surface area contributed by atoms with Crippen LogP contribution >= 0.6 is 0 Å². The summed E-state index contributed by atoms with van der Waals surface area (Å²) in [5.41, 5.74) is 1.94. The van der Waals surface area contributed by atoms with Crippen molar-refractivity contribution in [1.29, 1.82) is 0 Å². The number of para-hydroxylation sites is 1. The molecule has 1 fully saturated rings. The van der Waals surface area contributed by atoms with E-state index in [0.717, 1.165) is 37.4 Å². The molecule has 0 aromatic heterocycles. The average Bonchev–Trinajstić information content (AvgIpc) is 2.47. The number of carboxylic acids is 1. The first-order chi connectivity index (χ1) is 9.65. The Morgan fingerprint density at radius 2 is 2.05 bits per heavy atom. The number of likely N-dealkylation sites (N-methyl/N-ethyl adjacent to an activating group) is 1. The van der Waals surface area contributed by atoms with E-state index in [1.807, 2.05) is 24.3 Å². The number of hydrogen-bond donors (Lipinski definition) is 1. The minimum Gasteiger partial charge on any atom is -0.478 e. The van der Waals surface area contributed by atoms with E-state index in [-0.39, 0.29) is 0 Å². The molecule has 1 aromatic rings. The van der Waals surface area contributed by atoms with Gasteiger partial charge in [-0.15, -0.1) is 0 Å². The molecule has 0 amide bonds. The fourth-order valence-corrected chi connectivity index (χ4v) is 2.59. The fraction of sp³-hybridized carbons (Fsp3) is 0.400. The third-order valence-electron chi connectivity index (χ3n) is 3.81. The summed E-state index contributed by atoms with van der Waals surface area (Å²) in [6.45, 7) is 3.86. The number of ether oxygens (including phenoxy) is 1. The van der Waals surface area contributed by atoms with Crippen molar-refractivity contribution in [2.45, 2.75) is 6.10 Å². The molecule has 0 spiro atoms. The van der Waals surface area contributed by atoms with Crippen LogP contribution in [-0.2, 0) is 4.79 Å². The molecule has 1 saturated heterocycles. The molecule has 20 heavy (non-hydrogen) atoms. The van der Waals surface area contributed by atoms with Crippen molar-refractivity contribution in [3.63, 3.8) is 0 Å². The van der Waals surface area contributed by atoms with Crippen molar-refractivity contribution in [3.8, 4) is 5.75 Å². The summed E-state index contributed by atoms with van der Waals surface area (Å²) < 4.78 is 5.66. The summed E-state index contributed by atoms with van der Waals surface area (Å²) in [5.74, 6) is -0.271. The van der Waals surface area contributed by atoms with Crippen LogP contribution < -0.4 is 9.64 Å². The lowest BCUT2D eigenvalue weighted by atomic mass is 10.1. The number of hydrogen-bond acceptors (Lipinski definition) is 4. The van der Waals surface area contributed by atoms with Gasteiger partial charge in [0.05, 0.1) is 5.69 Å². The fourth-order valence-electron chi connectivity index (χ4n) is 2.59. The summed E-state index contributed by atoms with van der Waals surface area (Å²) in [5, 5.41) is 9.10. The lowest BCUT2D eigenvalue weighted by Crippen LogP contribution is -2.44. The van der Waals surface area contributed by atoms with Crippen LogP contribution in [0.2, 0.25) is 0 Å². The van der Waals surface area contributed by atoms with Crippen LogP contribution in [0.25, 0.3) is 6.08 Å². The molecule has 2 aliphatic rings. The van der Waals surface area contributed by atoms with Crippen LogP contribution in [0.15, 0.2) is 24.3 Å². The van der Waals surface area contributed by atoms with Gasteiger partial charge < -0.3 is 19.6 Å². The first-order valence-electron chi connectivity index (χ1n) is 6.79. The highest BCUT2D eigenvalue weighted by atomic mass is 16.5. The molecule has 1 unspecified atom stereocenters. The van der Waals surface area contributed by atoms with E-state index in [0.29, 0.717) is 5.75 Å². The average molecular weight is 274 g/mol. The van der Waals surface area contributed by atoms with E-state index in [4.69, 9.17) is 9.84 Å². The quantitative estimate of drug-likeness (QED) is 0.881. The highest BCUT2D eigenvalue weighted by molar-refractivity contribution is 5.81. The molecular formula is C15H18N2O3. The number of benzene rings is 1. The van der Waals surface area contributed by atoms with E-state index >= 15 is 0 Å². The van der Waals surface area contributed by atoms with Crippen LogP contribution in [0.3, 0.4) is 0 Å². The minimum atomic E-state index is -0.958. The van der Waals surface area contributed by atoms with Gasteiger partial charge in [-0.05, 0) is 19.2 Å². The summed E-state index contributed by atoms with van der Waals surface area (Å²) in [6.07, 6.45) is 2.52. The molecule has 5 nitrogen and oxygen atoms in total. The van der Waals surface area contributed by atoms with Crippen molar-refractivity contribution in [1.82, 2.24) is 4.90 Å². The SMILES string of the molecule is CN1CCN(c2cccc3c2OC(C(=O)O)C=C3)CC1. The zero-order valence-corrected chi connectivity index (χ0v) is 11.5. The van der Waals surface area contributed by atoms with Gasteiger partial charge in [-0.3, -0.25) is 0 Å². The van der Waals surface area contributed by atoms with E-state index in [9.17, 15) is 4.79 Å². The molecule has 1 atom stereocenters. The van der Waals surface area contributed by atoms with Gasteiger partial charge in [-0.2, -0.15) is 0 Å². The Hall–Kier alpha value is -2.01. The molecule has 2 heterocycles. The van der Waals surface area contributed by atoms with Gasteiger partial charge in [-0.25, -0.2) is 4.79 Å². The van der Waals surface area contributed by atoms with Crippen molar-refractivity contribution >= 4 is 17.7 Å². The summed E-state index contributed by atoms with van der Waals surface area (Å²) in [7, 11) is 2.11. The molecule has 5 heteroatoms. The number of anilines is 1.